The molecule has 1 amide bonds. The van der Waals surface area contributed by atoms with Gasteiger partial charge in [-0.05, 0) is 37.8 Å². The van der Waals surface area contributed by atoms with Gasteiger partial charge in [-0.15, -0.1) is 0 Å². The molecular weight excluding hydrogens is 292 g/mol. The highest BCUT2D eigenvalue weighted by Crippen LogP contribution is 2.38. The molecule has 0 spiro atoms. The Bertz CT molecular complexity index is 676. The van der Waals surface area contributed by atoms with Crippen molar-refractivity contribution >= 4 is 5.91 Å². The minimum Gasteiger partial charge on any atom is -0.396 e. The van der Waals surface area contributed by atoms with Crippen molar-refractivity contribution in [2.75, 3.05) is 6.61 Å². The van der Waals surface area contributed by atoms with E-state index in [-0.39, 0.29) is 24.5 Å². The van der Waals surface area contributed by atoms with Gasteiger partial charge in [0.1, 0.15) is 5.82 Å². The largest absolute Gasteiger partial charge is 0.396 e. The summed E-state index contributed by atoms with van der Waals surface area (Å²) in [4.78, 5) is 16.7. The molecule has 2 aromatic rings. The zero-order valence-corrected chi connectivity index (χ0v) is 13.4. The van der Waals surface area contributed by atoms with Crippen molar-refractivity contribution in [2.45, 2.75) is 38.6 Å². The van der Waals surface area contributed by atoms with Gasteiger partial charge in [0.25, 0.3) is 5.91 Å². The topological polar surface area (TPSA) is 90.9 Å². The number of hydrogen-bond acceptors (Lipinski definition) is 4. The van der Waals surface area contributed by atoms with Crippen molar-refractivity contribution in [3.8, 4) is 11.4 Å². The van der Waals surface area contributed by atoms with Gasteiger partial charge in [-0.1, -0.05) is 19.1 Å². The first-order chi connectivity index (χ1) is 11.1. The maximum absolute atomic E-state index is 12.2. The summed E-state index contributed by atoms with van der Waals surface area (Å²) in [6, 6.07) is 7.17. The number of hydrogen-bond donors (Lipinski definition) is 3. The Hall–Kier alpha value is -2.21. The van der Waals surface area contributed by atoms with E-state index < -0.39 is 0 Å². The summed E-state index contributed by atoms with van der Waals surface area (Å²) < 4.78 is 0. The SMILES string of the molecule is CC(CO)C(C)NC(=O)c1ccc(-c2n[nH]c(C3CC3)n2)cc1. The van der Waals surface area contributed by atoms with Crippen LogP contribution in [0.3, 0.4) is 0 Å². The Balaban J connectivity index is 1.67. The van der Waals surface area contributed by atoms with Crippen molar-refractivity contribution < 1.29 is 9.90 Å². The molecule has 1 aliphatic carbocycles. The van der Waals surface area contributed by atoms with Crippen LogP contribution in [0.25, 0.3) is 11.4 Å². The van der Waals surface area contributed by atoms with E-state index in [1.807, 2.05) is 26.0 Å². The van der Waals surface area contributed by atoms with Crippen LogP contribution < -0.4 is 5.32 Å². The van der Waals surface area contributed by atoms with Gasteiger partial charge in [-0.25, -0.2) is 4.98 Å². The van der Waals surface area contributed by atoms with Crippen molar-refractivity contribution in [2.24, 2.45) is 5.92 Å². The highest BCUT2D eigenvalue weighted by atomic mass is 16.3. The lowest BCUT2D eigenvalue weighted by molar-refractivity contribution is 0.0916. The molecule has 1 aromatic heterocycles. The first kappa shape index (κ1) is 15.7. The Morgan fingerprint density at radius 3 is 2.65 bits per heavy atom. The summed E-state index contributed by atoms with van der Waals surface area (Å²) in [5, 5.41) is 19.3. The number of H-pyrrole nitrogens is 1. The number of nitrogens with one attached hydrogen (secondary N) is 2. The van der Waals surface area contributed by atoms with Crippen LogP contribution in [0.15, 0.2) is 24.3 Å². The molecule has 6 nitrogen and oxygen atoms in total. The quantitative estimate of drug-likeness (QED) is 0.761. The lowest BCUT2D eigenvalue weighted by atomic mass is 10.0. The lowest BCUT2D eigenvalue weighted by Crippen LogP contribution is -2.38. The lowest BCUT2D eigenvalue weighted by Gasteiger charge is -2.19. The van der Waals surface area contributed by atoms with Crippen molar-refractivity contribution in [3.05, 3.63) is 35.7 Å². The van der Waals surface area contributed by atoms with Gasteiger partial charge in [0, 0.05) is 29.7 Å². The van der Waals surface area contributed by atoms with E-state index in [4.69, 9.17) is 5.11 Å². The molecular formula is C17H22N4O2. The number of nitrogens with zero attached hydrogens (tertiary/aromatic N) is 2. The molecule has 2 atom stereocenters. The van der Waals surface area contributed by atoms with Gasteiger partial charge in [-0.2, -0.15) is 5.10 Å². The number of aliphatic hydroxyl groups is 1. The maximum Gasteiger partial charge on any atom is 0.251 e. The molecule has 1 saturated carbocycles. The zero-order valence-electron chi connectivity index (χ0n) is 13.4. The summed E-state index contributed by atoms with van der Waals surface area (Å²) >= 11 is 0. The van der Waals surface area contributed by atoms with Gasteiger partial charge >= 0.3 is 0 Å². The van der Waals surface area contributed by atoms with Crippen LogP contribution >= 0.6 is 0 Å². The van der Waals surface area contributed by atoms with Crippen molar-refractivity contribution in [3.63, 3.8) is 0 Å². The molecule has 0 aliphatic heterocycles. The summed E-state index contributed by atoms with van der Waals surface area (Å²) in [6.45, 7) is 3.84. The van der Waals surface area contributed by atoms with Crippen molar-refractivity contribution in [1.29, 1.82) is 0 Å². The number of carbonyl (C=O) groups excluding carboxylic acids is 1. The van der Waals surface area contributed by atoms with E-state index in [9.17, 15) is 4.79 Å². The molecule has 0 radical (unpaired) electrons. The molecule has 3 rings (SSSR count). The van der Waals surface area contributed by atoms with Gasteiger partial charge in [0.15, 0.2) is 5.82 Å². The molecule has 1 fully saturated rings. The third-order valence-electron chi connectivity index (χ3n) is 4.37. The Morgan fingerprint density at radius 1 is 1.35 bits per heavy atom. The first-order valence-corrected chi connectivity index (χ1v) is 8.03. The van der Waals surface area contributed by atoms with E-state index in [1.165, 1.54) is 12.8 Å². The molecule has 1 aliphatic rings. The normalized spacial score (nSPS) is 16.8. The highest BCUT2D eigenvalue weighted by molar-refractivity contribution is 5.94. The minimum absolute atomic E-state index is 0.0207. The molecule has 1 aromatic carbocycles. The number of aliphatic hydroxyl groups excluding tert-OH is 1. The van der Waals surface area contributed by atoms with E-state index in [1.54, 1.807) is 12.1 Å². The first-order valence-electron chi connectivity index (χ1n) is 8.03. The van der Waals surface area contributed by atoms with Gasteiger partial charge in [-0.3, -0.25) is 9.89 Å². The predicted octanol–water partition coefficient (Wildman–Crippen LogP) is 2.10. The van der Waals surface area contributed by atoms with Crippen LogP contribution in [0.4, 0.5) is 0 Å². The summed E-state index contributed by atoms with van der Waals surface area (Å²) in [6.07, 6.45) is 2.36. The molecule has 1 heterocycles. The third kappa shape index (κ3) is 3.59. The van der Waals surface area contributed by atoms with Gasteiger partial charge < -0.3 is 10.4 Å². The average Bonchev–Trinajstić information content (AvgIpc) is 3.31. The maximum atomic E-state index is 12.2. The Labute approximate surface area is 135 Å². The van der Waals surface area contributed by atoms with E-state index >= 15 is 0 Å². The number of aromatic amines is 1. The molecule has 0 saturated heterocycles. The molecule has 2 unspecified atom stereocenters. The van der Waals surface area contributed by atoms with Crippen LogP contribution in [0.1, 0.15) is 48.8 Å². The minimum atomic E-state index is -0.141. The average molecular weight is 314 g/mol. The van der Waals surface area contributed by atoms with Gasteiger partial charge in [0.05, 0.1) is 0 Å². The summed E-state index contributed by atoms with van der Waals surface area (Å²) in [5.74, 6) is 2.04. The summed E-state index contributed by atoms with van der Waals surface area (Å²) in [7, 11) is 0. The third-order valence-corrected chi connectivity index (χ3v) is 4.37. The van der Waals surface area contributed by atoms with Crippen LogP contribution in [0, 0.1) is 5.92 Å². The van der Waals surface area contributed by atoms with Crippen LogP contribution in [0.2, 0.25) is 0 Å². The standard InChI is InChI=1S/C17H22N4O2/c1-10(9-22)11(2)18-17(23)14-7-5-13(6-8-14)16-19-15(20-21-16)12-3-4-12/h5-8,10-12,22H,3-4,9H2,1-2H3,(H,18,23)(H,19,20,21). The second-order valence-electron chi connectivity index (χ2n) is 6.32. The zero-order chi connectivity index (χ0) is 16.4. The predicted molar refractivity (Wildman–Crippen MR) is 87.0 cm³/mol. The molecule has 6 heteroatoms. The summed E-state index contributed by atoms with van der Waals surface area (Å²) in [5.41, 5.74) is 1.48. The fourth-order valence-electron chi connectivity index (χ4n) is 2.30. The van der Waals surface area contributed by atoms with E-state index in [2.05, 4.69) is 20.5 Å². The second-order valence-corrected chi connectivity index (χ2v) is 6.32. The monoisotopic (exact) mass is 314 g/mol. The molecule has 0 bridgehead atoms. The molecule has 122 valence electrons. The fraction of sp³-hybridized carbons (Fsp3) is 0.471. The number of amides is 1. The highest BCUT2D eigenvalue weighted by Gasteiger charge is 2.27. The van der Waals surface area contributed by atoms with Crippen LogP contribution in [-0.2, 0) is 0 Å². The number of rotatable bonds is 6. The van der Waals surface area contributed by atoms with E-state index in [0.717, 1.165) is 11.4 Å². The number of benzene rings is 1. The second kappa shape index (κ2) is 6.50. The molecule has 3 N–H and O–H groups in total. The smallest absolute Gasteiger partial charge is 0.251 e. The van der Waals surface area contributed by atoms with E-state index in [0.29, 0.717) is 17.3 Å². The van der Waals surface area contributed by atoms with Crippen LogP contribution in [0.5, 0.6) is 0 Å². The van der Waals surface area contributed by atoms with Gasteiger partial charge in [0.2, 0.25) is 0 Å². The Kier molecular flexibility index (Phi) is 4.43. The fourth-order valence-corrected chi connectivity index (χ4v) is 2.30. The van der Waals surface area contributed by atoms with Crippen molar-refractivity contribution in [1.82, 2.24) is 20.5 Å². The number of carbonyl (C=O) groups is 1. The molecule has 23 heavy (non-hydrogen) atoms. The Morgan fingerprint density at radius 2 is 2.04 bits per heavy atom. The van der Waals surface area contributed by atoms with Crippen LogP contribution in [-0.4, -0.2) is 38.8 Å². The number of aromatic nitrogens is 3.